The van der Waals surface area contributed by atoms with Gasteiger partial charge in [-0.3, -0.25) is 0 Å². The normalized spacial score (nSPS) is 28.5. The maximum absolute atomic E-state index is 3.00. The molecule has 3 rings (SSSR count). The van der Waals surface area contributed by atoms with Gasteiger partial charge in [-0.15, -0.1) is 13.2 Å². The SMILES string of the molecule is C=C.CC.CC.CC.CC/C(C)=C\C=C1/CCCC2(C)C(C/C=C/C3CCCC3(C)C)CCC12.CCC. The highest BCUT2D eigenvalue weighted by atomic mass is 14.5. The third-order valence-electron chi connectivity index (χ3n) is 8.43. The third-order valence-corrected chi connectivity index (χ3v) is 8.43. The summed E-state index contributed by atoms with van der Waals surface area (Å²) in [6.07, 6.45) is 25.1. The van der Waals surface area contributed by atoms with Gasteiger partial charge in [0.05, 0.1) is 0 Å². The zero-order valence-corrected chi connectivity index (χ0v) is 28.2. The Bertz CT molecular complexity index is 602. The van der Waals surface area contributed by atoms with Gasteiger partial charge in [-0.1, -0.05) is 131 Å². The van der Waals surface area contributed by atoms with E-state index in [2.05, 4.69) is 85.9 Å². The molecule has 37 heavy (non-hydrogen) atoms. The average Bonchev–Trinajstić information content (AvgIpc) is 3.45. The number of allylic oxidation sites excluding steroid dienone is 6. The molecule has 0 aliphatic heterocycles. The molecule has 0 radical (unpaired) electrons. The lowest BCUT2D eigenvalue weighted by atomic mass is 9.63. The van der Waals surface area contributed by atoms with Crippen molar-refractivity contribution in [3.63, 3.8) is 0 Å². The van der Waals surface area contributed by atoms with Crippen molar-refractivity contribution in [3.8, 4) is 0 Å². The van der Waals surface area contributed by atoms with Crippen LogP contribution in [-0.2, 0) is 0 Å². The molecule has 0 spiro atoms. The minimum atomic E-state index is 0.531. The summed E-state index contributed by atoms with van der Waals surface area (Å²) in [6, 6.07) is 0. The molecular weight excluding hydrogens is 444 g/mol. The summed E-state index contributed by atoms with van der Waals surface area (Å²) in [7, 11) is 0. The zero-order valence-electron chi connectivity index (χ0n) is 28.2. The fraction of sp³-hybridized carbons (Fsp3) is 0.784. The van der Waals surface area contributed by atoms with E-state index in [1.807, 2.05) is 41.5 Å². The number of hydrogen-bond acceptors (Lipinski definition) is 0. The first-order valence-corrected chi connectivity index (χ1v) is 16.3. The molecule has 3 aliphatic carbocycles. The topological polar surface area (TPSA) is 0 Å². The second-order valence-electron chi connectivity index (χ2n) is 11.2. The Labute approximate surface area is 237 Å². The molecule has 0 aromatic rings. The van der Waals surface area contributed by atoms with E-state index in [0.717, 1.165) is 17.8 Å². The van der Waals surface area contributed by atoms with Gasteiger partial charge in [0.25, 0.3) is 0 Å². The van der Waals surface area contributed by atoms with Crippen molar-refractivity contribution >= 4 is 0 Å². The van der Waals surface area contributed by atoms with Crippen LogP contribution in [0.25, 0.3) is 0 Å². The second kappa shape index (κ2) is 24.0. The molecule has 0 amide bonds. The van der Waals surface area contributed by atoms with Gasteiger partial charge in [0, 0.05) is 0 Å². The highest BCUT2D eigenvalue weighted by Gasteiger charge is 2.48. The van der Waals surface area contributed by atoms with Gasteiger partial charge in [0.1, 0.15) is 0 Å². The monoisotopic (exact) mass is 517 g/mol. The third kappa shape index (κ3) is 13.5. The van der Waals surface area contributed by atoms with Gasteiger partial charge >= 0.3 is 0 Å². The van der Waals surface area contributed by atoms with Crippen LogP contribution in [-0.4, -0.2) is 0 Å². The van der Waals surface area contributed by atoms with E-state index in [0.29, 0.717) is 10.8 Å². The van der Waals surface area contributed by atoms with Gasteiger partial charge in [0.15, 0.2) is 0 Å². The molecule has 0 aromatic heterocycles. The summed E-state index contributed by atoms with van der Waals surface area (Å²) in [6.45, 7) is 34.3. The van der Waals surface area contributed by atoms with E-state index >= 15 is 0 Å². The fourth-order valence-electron chi connectivity index (χ4n) is 6.22. The predicted octanol–water partition coefficient (Wildman–Crippen LogP) is 13.6. The first-order chi connectivity index (χ1) is 17.8. The summed E-state index contributed by atoms with van der Waals surface area (Å²) >= 11 is 0. The summed E-state index contributed by atoms with van der Waals surface area (Å²) in [5, 5.41) is 0. The summed E-state index contributed by atoms with van der Waals surface area (Å²) in [5.41, 5.74) is 4.35. The maximum Gasteiger partial charge on any atom is -0.0143 e. The first kappa shape index (κ1) is 40.5. The van der Waals surface area contributed by atoms with E-state index < -0.39 is 0 Å². The van der Waals surface area contributed by atoms with E-state index in [-0.39, 0.29) is 0 Å². The molecule has 3 saturated carbocycles. The Balaban J connectivity index is -0.000000924. The Morgan fingerprint density at radius 1 is 0.865 bits per heavy atom. The lowest BCUT2D eigenvalue weighted by Gasteiger charge is -2.42. The van der Waals surface area contributed by atoms with Crippen LogP contribution in [0.5, 0.6) is 0 Å². The molecule has 3 aliphatic rings. The lowest BCUT2D eigenvalue weighted by molar-refractivity contribution is 0.137. The van der Waals surface area contributed by atoms with Crippen LogP contribution in [0.3, 0.4) is 0 Å². The molecule has 0 bridgehead atoms. The largest absolute Gasteiger partial charge is 0.106 e. The van der Waals surface area contributed by atoms with Gasteiger partial charge in [-0.05, 0) is 93.3 Å². The molecular formula is C37H72. The molecule has 0 saturated heterocycles. The minimum Gasteiger partial charge on any atom is -0.106 e. The van der Waals surface area contributed by atoms with Gasteiger partial charge < -0.3 is 0 Å². The van der Waals surface area contributed by atoms with Crippen LogP contribution in [0.4, 0.5) is 0 Å². The van der Waals surface area contributed by atoms with Crippen molar-refractivity contribution in [2.45, 2.75) is 161 Å². The van der Waals surface area contributed by atoms with Gasteiger partial charge in [-0.25, -0.2) is 0 Å². The Kier molecular flexibility index (Phi) is 26.3. The van der Waals surface area contributed by atoms with Crippen LogP contribution in [0, 0.1) is 28.6 Å². The first-order valence-electron chi connectivity index (χ1n) is 16.3. The molecule has 220 valence electrons. The summed E-state index contributed by atoms with van der Waals surface area (Å²) in [4.78, 5) is 0. The highest BCUT2D eigenvalue weighted by Crippen LogP contribution is 2.58. The number of rotatable bonds is 5. The molecule has 0 N–H and O–H groups in total. The van der Waals surface area contributed by atoms with E-state index in [9.17, 15) is 0 Å². The van der Waals surface area contributed by atoms with Crippen LogP contribution >= 0.6 is 0 Å². The van der Waals surface area contributed by atoms with Crippen LogP contribution in [0.15, 0.2) is 48.6 Å². The molecule has 3 fully saturated rings. The fourth-order valence-corrected chi connectivity index (χ4v) is 6.22. The van der Waals surface area contributed by atoms with Gasteiger partial charge in [-0.2, -0.15) is 0 Å². The Morgan fingerprint density at radius 2 is 1.43 bits per heavy atom. The second-order valence-corrected chi connectivity index (χ2v) is 11.2. The molecule has 0 heteroatoms. The number of fused-ring (bicyclic) bond motifs is 1. The maximum atomic E-state index is 3.00. The molecule has 4 atom stereocenters. The van der Waals surface area contributed by atoms with Crippen molar-refractivity contribution < 1.29 is 0 Å². The van der Waals surface area contributed by atoms with Crippen LogP contribution in [0.2, 0.25) is 0 Å². The van der Waals surface area contributed by atoms with Crippen LogP contribution < -0.4 is 0 Å². The van der Waals surface area contributed by atoms with Crippen molar-refractivity contribution in [1.82, 2.24) is 0 Å². The average molecular weight is 517 g/mol. The molecule has 0 heterocycles. The lowest BCUT2D eigenvalue weighted by Crippen LogP contribution is -2.33. The standard InChI is InChI=1S/C26H42.C3H8.3C2H6.C2H4/c1-6-20(2)14-15-21-10-8-19-26(5)23(16-17-24(21)26)12-7-11-22-13-9-18-25(22,3)4;1-3-2;4*1-2/h7,11,14-15,22-24H,6,8-10,12-13,16-19H2,1-5H3;3H2,1-2H3;3*1-2H3;1-2H2/b11-7+,20-14-,21-15+;;;;;. The Hall–Kier alpha value is -1.04. The highest BCUT2D eigenvalue weighted by molar-refractivity contribution is 5.24. The predicted molar refractivity (Wildman–Crippen MR) is 176 cm³/mol. The minimum absolute atomic E-state index is 0.531. The molecule has 4 unspecified atom stereocenters. The van der Waals surface area contributed by atoms with E-state index in [1.54, 1.807) is 5.57 Å². The smallest absolute Gasteiger partial charge is 0.0143 e. The van der Waals surface area contributed by atoms with Crippen LogP contribution in [0.1, 0.15) is 161 Å². The van der Waals surface area contributed by atoms with Crippen molar-refractivity contribution in [2.24, 2.45) is 28.6 Å². The van der Waals surface area contributed by atoms with E-state index in [1.165, 1.54) is 76.2 Å². The summed E-state index contributed by atoms with van der Waals surface area (Å²) < 4.78 is 0. The van der Waals surface area contributed by atoms with Gasteiger partial charge in [0.2, 0.25) is 0 Å². The number of hydrogen-bond donors (Lipinski definition) is 0. The van der Waals surface area contributed by atoms with E-state index in [4.69, 9.17) is 0 Å². The van der Waals surface area contributed by atoms with Crippen molar-refractivity contribution in [1.29, 1.82) is 0 Å². The molecule has 0 aromatic carbocycles. The Morgan fingerprint density at radius 3 is 1.92 bits per heavy atom. The molecule has 0 nitrogen and oxygen atoms in total. The summed E-state index contributed by atoms with van der Waals surface area (Å²) in [5.74, 6) is 2.56. The zero-order chi connectivity index (χ0) is 29.5. The quantitative estimate of drug-likeness (QED) is 0.319. The van der Waals surface area contributed by atoms with Crippen molar-refractivity contribution in [3.05, 3.63) is 48.6 Å². The van der Waals surface area contributed by atoms with Crippen molar-refractivity contribution in [2.75, 3.05) is 0 Å².